The van der Waals surface area contributed by atoms with E-state index in [0.717, 1.165) is 23.5 Å². The Morgan fingerprint density at radius 2 is 2.17 bits per heavy atom. The van der Waals surface area contributed by atoms with Crippen LogP contribution >= 0.6 is 0 Å². The number of carboxylic acids is 1. The molecule has 1 aromatic rings. The lowest BCUT2D eigenvalue weighted by molar-refractivity contribution is -0.137. The number of aliphatic carboxylic acids is 1. The van der Waals surface area contributed by atoms with Crippen molar-refractivity contribution in [2.24, 2.45) is 5.92 Å². The molecule has 1 atom stereocenters. The van der Waals surface area contributed by atoms with Gasteiger partial charge in [-0.3, -0.25) is 4.79 Å². The zero-order valence-corrected chi connectivity index (χ0v) is 11.4. The Morgan fingerprint density at radius 1 is 1.50 bits per heavy atom. The van der Waals surface area contributed by atoms with Gasteiger partial charge >= 0.3 is 5.97 Å². The van der Waals surface area contributed by atoms with Crippen molar-refractivity contribution in [2.45, 2.75) is 20.3 Å². The number of benzene rings is 1. The number of aryl methyl sites for hydroxylation is 1. The Kier molecular flexibility index (Phi) is 5.01. The average Bonchev–Trinajstić information content (AvgIpc) is 2.27. The molecular formula is C14H21NO3. The molecule has 4 nitrogen and oxygen atoms in total. The van der Waals surface area contributed by atoms with Gasteiger partial charge in [-0.2, -0.15) is 0 Å². The molecule has 1 N–H and O–H groups in total. The molecule has 4 heteroatoms. The minimum Gasteiger partial charge on any atom is -0.496 e. The van der Waals surface area contributed by atoms with Gasteiger partial charge in [0, 0.05) is 25.7 Å². The van der Waals surface area contributed by atoms with Gasteiger partial charge < -0.3 is 14.7 Å². The molecule has 0 saturated carbocycles. The van der Waals surface area contributed by atoms with Crippen molar-refractivity contribution in [3.8, 4) is 5.75 Å². The van der Waals surface area contributed by atoms with Crippen LogP contribution in [0.3, 0.4) is 0 Å². The maximum atomic E-state index is 10.6. The van der Waals surface area contributed by atoms with E-state index >= 15 is 0 Å². The second kappa shape index (κ2) is 6.28. The largest absolute Gasteiger partial charge is 0.496 e. The molecule has 1 rings (SSSR count). The Hall–Kier alpha value is -1.71. The normalized spacial score (nSPS) is 12.0. The summed E-state index contributed by atoms with van der Waals surface area (Å²) in [4.78, 5) is 12.7. The summed E-state index contributed by atoms with van der Waals surface area (Å²) in [5.41, 5.74) is 2.15. The van der Waals surface area contributed by atoms with E-state index in [9.17, 15) is 4.79 Å². The van der Waals surface area contributed by atoms with Gasteiger partial charge in [0.2, 0.25) is 0 Å². The van der Waals surface area contributed by atoms with Crippen LogP contribution in [0.15, 0.2) is 18.2 Å². The third-order valence-corrected chi connectivity index (χ3v) is 2.93. The highest BCUT2D eigenvalue weighted by molar-refractivity contribution is 5.67. The van der Waals surface area contributed by atoms with Crippen molar-refractivity contribution in [2.75, 3.05) is 25.6 Å². The molecule has 0 fully saturated rings. The predicted octanol–water partition coefficient (Wildman–Crippen LogP) is 2.55. The first-order valence-corrected chi connectivity index (χ1v) is 6.01. The molecule has 0 aliphatic rings. The molecule has 0 bridgehead atoms. The van der Waals surface area contributed by atoms with Gasteiger partial charge in [-0.05, 0) is 36.6 Å². The van der Waals surface area contributed by atoms with Crippen molar-refractivity contribution in [1.82, 2.24) is 0 Å². The first-order chi connectivity index (χ1) is 8.43. The highest BCUT2D eigenvalue weighted by Crippen LogP contribution is 2.24. The number of carbonyl (C=O) groups is 1. The number of anilines is 1. The van der Waals surface area contributed by atoms with E-state index in [1.807, 2.05) is 39.1 Å². The van der Waals surface area contributed by atoms with Crippen LogP contribution in [0.25, 0.3) is 0 Å². The maximum absolute atomic E-state index is 10.6. The Balaban J connectivity index is 2.69. The fourth-order valence-electron chi connectivity index (χ4n) is 2.04. The molecule has 1 unspecified atom stereocenters. The summed E-state index contributed by atoms with van der Waals surface area (Å²) in [5.74, 6) is 0.238. The number of rotatable bonds is 6. The molecule has 0 spiro atoms. The maximum Gasteiger partial charge on any atom is 0.303 e. The number of ether oxygens (including phenoxy) is 1. The number of hydrogen-bond donors (Lipinski definition) is 1. The summed E-state index contributed by atoms with van der Waals surface area (Å²) >= 11 is 0. The molecular weight excluding hydrogens is 230 g/mol. The third kappa shape index (κ3) is 3.95. The quantitative estimate of drug-likeness (QED) is 0.844. The summed E-state index contributed by atoms with van der Waals surface area (Å²) in [5, 5.41) is 8.74. The predicted molar refractivity (Wildman–Crippen MR) is 72.4 cm³/mol. The number of hydrogen-bond acceptors (Lipinski definition) is 3. The van der Waals surface area contributed by atoms with Gasteiger partial charge in [0.25, 0.3) is 0 Å². The van der Waals surface area contributed by atoms with Crippen LogP contribution in [0.1, 0.15) is 18.9 Å². The van der Waals surface area contributed by atoms with Crippen molar-refractivity contribution < 1.29 is 14.6 Å². The zero-order valence-electron chi connectivity index (χ0n) is 11.4. The van der Waals surface area contributed by atoms with Gasteiger partial charge in [-0.25, -0.2) is 0 Å². The van der Waals surface area contributed by atoms with E-state index in [2.05, 4.69) is 4.90 Å². The minimum atomic E-state index is -0.748. The smallest absolute Gasteiger partial charge is 0.303 e. The van der Waals surface area contributed by atoms with Gasteiger partial charge in [0.05, 0.1) is 7.11 Å². The van der Waals surface area contributed by atoms with E-state index in [0.29, 0.717) is 0 Å². The standard InChI is InChI=1S/C14H21NO3/c1-10(7-14(16)17)9-15(3)12-5-6-13(18-4)11(2)8-12/h5-6,8,10H,7,9H2,1-4H3,(H,16,17). The molecule has 0 heterocycles. The molecule has 100 valence electrons. The lowest BCUT2D eigenvalue weighted by atomic mass is 10.1. The van der Waals surface area contributed by atoms with Crippen LogP contribution in [-0.2, 0) is 4.79 Å². The van der Waals surface area contributed by atoms with Crippen LogP contribution in [-0.4, -0.2) is 31.8 Å². The molecule has 0 radical (unpaired) electrons. The third-order valence-electron chi connectivity index (χ3n) is 2.93. The lowest BCUT2D eigenvalue weighted by Crippen LogP contribution is -2.25. The summed E-state index contributed by atoms with van der Waals surface area (Å²) in [6.07, 6.45) is 0.194. The van der Waals surface area contributed by atoms with Gasteiger partial charge in [0.1, 0.15) is 5.75 Å². The van der Waals surface area contributed by atoms with Crippen molar-refractivity contribution >= 4 is 11.7 Å². The summed E-state index contributed by atoms with van der Waals surface area (Å²) in [7, 11) is 3.63. The summed E-state index contributed by atoms with van der Waals surface area (Å²) < 4.78 is 5.22. The fraction of sp³-hybridized carbons (Fsp3) is 0.500. The monoisotopic (exact) mass is 251 g/mol. The lowest BCUT2D eigenvalue weighted by Gasteiger charge is -2.23. The fourth-order valence-corrected chi connectivity index (χ4v) is 2.04. The summed E-state index contributed by atoms with van der Waals surface area (Å²) in [6.45, 7) is 4.66. The Morgan fingerprint density at radius 3 is 2.67 bits per heavy atom. The van der Waals surface area contributed by atoms with Gasteiger partial charge in [-0.1, -0.05) is 6.92 Å². The number of nitrogens with zero attached hydrogens (tertiary/aromatic N) is 1. The SMILES string of the molecule is COc1ccc(N(C)CC(C)CC(=O)O)cc1C. The second-order valence-corrected chi connectivity index (χ2v) is 4.74. The van der Waals surface area contributed by atoms with Gasteiger partial charge in [-0.15, -0.1) is 0 Å². The van der Waals surface area contributed by atoms with Crippen LogP contribution in [0.2, 0.25) is 0 Å². The number of carboxylic acid groups (broad SMARTS) is 1. The molecule has 1 aromatic carbocycles. The van der Waals surface area contributed by atoms with Crippen molar-refractivity contribution in [3.63, 3.8) is 0 Å². The van der Waals surface area contributed by atoms with Crippen LogP contribution in [0.4, 0.5) is 5.69 Å². The first kappa shape index (κ1) is 14.4. The Labute approximate surface area is 108 Å². The Bertz CT molecular complexity index is 418. The average molecular weight is 251 g/mol. The molecule has 0 aliphatic heterocycles. The van der Waals surface area contributed by atoms with Crippen molar-refractivity contribution in [3.05, 3.63) is 23.8 Å². The highest BCUT2D eigenvalue weighted by Gasteiger charge is 2.11. The van der Waals surface area contributed by atoms with Gasteiger partial charge in [0.15, 0.2) is 0 Å². The minimum absolute atomic E-state index is 0.120. The van der Waals surface area contributed by atoms with E-state index in [1.54, 1.807) is 7.11 Å². The summed E-state index contributed by atoms with van der Waals surface area (Å²) in [6, 6.07) is 5.97. The zero-order chi connectivity index (χ0) is 13.7. The molecule has 0 aromatic heterocycles. The molecule has 0 saturated heterocycles. The highest BCUT2D eigenvalue weighted by atomic mass is 16.5. The molecule has 18 heavy (non-hydrogen) atoms. The second-order valence-electron chi connectivity index (χ2n) is 4.74. The van der Waals surface area contributed by atoms with E-state index in [-0.39, 0.29) is 12.3 Å². The van der Waals surface area contributed by atoms with E-state index in [4.69, 9.17) is 9.84 Å². The van der Waals surface area contributed by atoms with Crippen LogP contribution in [0, 0.1) is 12.8 Å². The topological polar surface area (TPSA) is 49.8 Å². The molecule has 0 amide bonds. The number of methoxy groups -OCH3 is 1. The van der Waals surface area contributed by atoms with Crippen molar-refractivity contribution in [1.29, 1.82) is 0 Å². The van der Waals surface area contributed by atoms with E-state index in [1.165, 1.54) is 0 Å². The van der Waals surface area contributed by atoms with Crippen LogP contribution < -0.4 is 9.64 Å². The first-order valence-electron chi connectivity index (χ1n) is 6.01. The van der Waals surface area contributed by atoms with E-state index < -0.39 is 5.97 Å². The molecule has 0 aliphatic carbocycles. The van der Waals surface area contributed by atoms with Crippen LogP contribution in [0.5, 0.6) is 5.75 Å².